The van der Waals surface area contributed by atoms with Crippen LogP contribution in [0.5, 0.6) is 0 Å². The smallest absolute Gasteiger partial charge is 0.253 e. The zero-order valence-corrected chi connectivity index (χ0v) is 14.0. The van der Waals surface area contributed by atoms with Gasteiger partial charge < -0.3 is 4.90 Å². The van der Waals surface area contributed by atoms with Gasteiger partial charge >= 0.3 is 0 Å². The zero-order chi connectivity index (χ0) is 15.0. The number of carbonyl (C=O) groups excluding carboxylic acids is 1. The molecule has 0 aromatic heterocycles. The van der Waals surface area contributed by atoms with E-state index < -0.39 is 0 Å². The molecular weight excluding hydrogens is 266 g/mol. The van der Waals surface area contributed by atoms with Crippen LogP contribution in [-0.2, 0) is 5.75 Å². The second-order valence-electron chi connectivity index (χ2n) is 5.41. The summed E-state index contributed by atoms with van der Waals surface area (Å²) in [6.45, 7) is 4.51. The van der Waals surface area contributed by atoms with Gasteiger partial charge in [0.15, 0.2) is 0 Å². The molecular formula is C17H27NOS. The van der Waals surface area contributed by atoms with E-state index in [0.717, 1.165) is 16.6 Å². The number of thioether (sulfide) groups is 1. The van der Waals surface area contributed by atoms with Crippen molar-refractivity contribution in [2.24, 2.45) is 0 Å². The molecule has 0 aliphatic heterocycles. The van der Waals surface area contributed by atoms with Gasteiger partial charge in [-0.1, -0.05) is 38.8 Å². The summed E-state index contributed by atoms with van der Waals surface area (Å²) < 4.78 is 0. The summed E-state index contributed by atoms with van der Waals surface area (Å²) in [5.74, 6) is 1.11. The van der Waals surface area contributed by atoms with Gasteiger partial charge in [-0.05, 0) is 30.5 Å². The highest BCUT2D eigenvalue weighted by molar-refractivity contribution is 7.99. The van der Waals surface area contributed by atoms with E-state index in [0.29, 0.717) is 0 Å². The Morgan fingerprint density at radius 1 is 1.10 bits per heavy atom. The molecule has 0 heterocycles. The molecule has 0 spiro atoms. The molecule has 0 fully saturated rings. The fourth-order valence-corrected chi connectivity index (χ4v) is 3.60. The molecule has 20 heavy (non-hydrogen) atoms. The van der Waals surface area contributed by atoms with Crippen molar-refractivity contribution in [3.8, 4) is 0 Å². The minimum Gasteiger partial charge on any atom is -0.345 e. The van der Waals surface area contributed by atoms with Crippen LogP contribution in [0.4, 0.5) is 0 Å². The van der Waals surface area contributed by atoms with Crippen LogP contribution in [0.3, 0.4) is 0 Å². The molecule has 2 nitrogen and oxygen atoms in total. The van der Waals surface area contributed by atoms with Gasteiger partial charge in [0.2, 0.25) is 0 Å². The molecule has 1 aromatic rings. The Morgan fingerprint density at radius 2 is 1.65 bits per heavy atom. The third-order valence-corrected chi connectivity index (χ3v) is 4.76. The summed E-state index contributed by atoms with van der Waals surface area (Å²) in [7, 11) is 3.57. The van der Waals surface area contributed by atoms with Crippen molar-refractivity contribution in [1.29, 1.82) is 0 Å². The summed E-state index contributed by atoms with van der Waals surface area (Å²) >= 11 is 2.05. The quantitative estimate of drug-likeness (QED) is 0.698. The molecule has 3 heteroatoms. The number of hydrogen-bond donors (Lipinski definition) is 0. The molecule has 1 amide bonds. The summed E-state index contributed by atoms with van der Waals surface area (Å²) in [5.41, 5.74) is 2.07. The van der Waals surface area contributed by atoms with Crippen molar-refractivity contribution in [3.63, 3.8) is 0 Å². The van der Waals surface area contributed by atoms with Crippen molar-refractivity contribution < 1.29 is 4.79 Å². The van der Waals surface area contributed by atoms with Gasteiger partial charge in [0, 0.05) is 30.7 Å². The number of amides is 1. The fraction of sp³-hybridized carbons (Fsp3) is 0.588. The number of benzene rings is 1. The first-order chi connectivity index (χ1) is 9.58. The van der Waals surface area contributed by atoms with Gasteiger partial charge in [0.1, 0.15) is 0 Å². The second-order valence-corrected chi connectivity index (χ2v) is 6.70. The Bertz CT molecular complexity index is 394. The number of nitrogens with zero attached hydrogens (tertiary/aromatic N) is 1. The number of carbonyl (C=O) groups is 1. The maximum Gasteiger partial charge on any atom is 0.253 e. The lowest BCUT2D eigenvalue weighted by Crippen LogP contribution is -2.21. The Balaban J connectivity index is 2.54. The molecule has 0 atom stereocenters. The first kappa shape index (κ1) is 17.1. The topological polar surface area (TPSA) is 20.3 Å². The molecule has 0 saturated heterocycles. The van der Waals surface area contributed by atoms with E-state index in [1.54, 1.807) is 19.0 Å². The highest BCUT2D eigenvalue weighted by atomic mass is 32.2. The highest BCUT2D eigenvalue weighted by Crippen LogP contribution is 2.25. The summed E-state index contributed by atoms with van der Waals surface area (Å²) in [6, 6.07) is 8.04. The van der Waals surface area contributed by atoms with Crippen LogP contribution < -0.4 is 0 Å². The first-order valence-electron chi connectivity index (χ1n) is 7.50. The van der Waals surface area contributed by atoms with Crippen LogP contribution in [-0.4, -0.2) is 30.2 Å². The van der Waals surface area contributed by atoms with E-state index >= 15 is 0 Å². The third-order valence-electron chi connectivity index (χ3n) is 3.31. The largest absolute Gasteiger partial charge is 0.345 e. The number of hydrogen-bond acceptors (Lipinski definition) is 2. The molecule has 0 aliphatic carbocycles. The third kappa shape index (κ3) is 5.58. The Morgan fingerprint density at radius 3 is 2.10 bits per heavy atom. The lowest BCUT2D eigenvalue weighted by atomic mass is 10.1. The van der Waals surface area contributed by atoms with Gasteiger partial charge in [-0.15, -0.1) is 0 Å². The minimum absolute atomic E-state index is 0.0686. The predicted octanol–water partition coefficient (Wildman–Crippen LogP) is 4.59. The van der Waals surface area contributed by atoms with Gasteiger partial charge in [-0.25, -0.2) is 0 Å². The maximum absolute atomic E-state index is 11.8. The minimum atomic E-state index is 0.0686. The lowest BCUT2D eigenvalue weighted by Gasteiger charge is -2.15. The van der Waals surface area contributed by atoms with E-state index in [2.05, 4.69) is 26.0 Å². The number of rotatable bonds is 8. The SMILES string of the molecule is CCCC(CCC)SCc1ccc(C(=O)N(C)C)cc1. The van der Waals surface area contributed by atoms with Gasteiger partial charge in [0.25, 0.3) is 5.91 Å². The summed E-state index contributed by atoms with van der Waals surface area (Å²) in [6.07, 6.45) is 5.12. The standard InChI is InChI=1S/C17H27NOS/c1-5-7-16(8-6-2)20-13-14-9-11-15(12-10-14)17(19)18(3)4/h9-12,16H,5-8,13H2,1-4H3. The van der Waals surface area contributed by atoms with Crippen molar-refractivity contribution in [2.75, 3.05) is 14.1 Å². The molecule has 0 radical (unpaired) electrons. The molecule has 1 aromatic carbocycles. The van der Waals surface area contributed by atoms with Gasteiger partial charge in [0.05, 0.1) is 0 Å². The Kier molecular flexibility index (Phi) is 7.75. The Labute approximate surface area is 127 Å². The summed E-state index contributed by atoms with van der Waals surface area (Å²) in [4.78, 5) is 13.4. The van der Waals surface area contributed by atoms with Crippen LogP contribution >= 0.6 is 11.8 Å². The van der Waals surface area contributed by atoms with Crippen molar-refractivity contribution in [2.45, 2.75) is 50.5 Å². The monoisotopic (exact) mass is 293 g/mol. The molecule has 0 unspecified atom stereocenters. The van der Waals surface area contributed by atoms with Crippen molar-refractivity contribution in [1.82, 2.24) is 4.90 Å². The second kappa shape index (κ2) is 9.06. The molecule has 112 valence electrons. The summed E-state index contributed by atoms with van der Waals surface area (Å²) in [5, 5.41) is 0.771. The fourth-order valence-electron chi connectivity index (χ4n) is 2.17. The normalized spacial score (nSPS) is 10.8. The van der Waals surface area contributed by atoms with Crippen LogP contribution in [0.1, 0.15) is 55.5 Å². The van der Waals surface area contributed by atoms with E-state index in [-0.39, 0.29) is 5.91 Å². The van der Waals surface area contributed by atoms with E-state index in [1.165, 1.54) is 31.2 Å². The van der Waals surface area contributed by atoms with Crippen molar-refractivity contribution >= 4 is 17.7 Å². The van der Waals surface area contributed by atoms with Crippen LogP contribution in [0.2, 0.25) is 0 Å². The average Bonchev–Trinajstić information content (AvgIpc) is 2.45. The van der Waals surface area contributed by atoms with Gasteiger partial charge in [-0.3, -0.25) is 4.79 Å². The lowest BCUT2D eigenvalue weighted by molar-refractivity contribution is 0.0827. The molecule has 0 aliphatic rings. The molecule has 1 rings (SSSR count). The predicted molar refractivity (Wildman–Crippen MR) is 89.4 cm³/mol. The maximum atomic E-state index is 11.8. The molecule has 0 bridgehead atoms. The van der Waals surface area contributed by atoms with Crippen LogP contribution in [0, 0.1) is 0 Å². The average molecular weight is 293 g/mol. The van der Waals surface area contributed by atoms with Crippen molar-refractivity contribution in [3.05, 3.63) is 35.4 Å². The van der Waals surface area contributed by atoms with Crippen LogP contribution in [0.25, 0.3) is 0 Å². The van der Waals surface area contributed by atoms with E-state index in [4.69, 9.17) is 0 Å². The molecule has 0 N–H and O–H groups in total. The van der Waals surface area contributed by atoms with Crippen LogP contribution in [0.15, 0.2) is 24.3 Å². The van der Waals surface area contributed by atoms with E-state index in [1.807, 2.05) is 23.9 Å². The van der Waals surface area contributed by atoms with E-state index in [9.17, 15) is 4.79 Å². The molecule has 0 saturated carbocycles. The highest BCUT2D eigenvalue weighted by Gasteiger charge is 2.09. The first-order valence-corrected chi connectivity index (χ1v) is 8.55. The zero-order valence-electron chi connectivity index (χ0n) is 13.2. The van der Waals surface area contributed by atoms with Gasteiger partial charge in [-0.2, -0.15) is 11.8 Å². The Hall–Kier alpha value is -0.960.